The Morgan fingerprint density at radius 2 is 1.67 bits per heavy atom. The SMILES string of the molecule is Cc1cc(Br)cc(C)c1OCC(F)(F)F. The van der Waals surface area contributed by atoms with E-state index in [-0.39, 0.29) is 0 Å². The van der Waals surface area contributed by atoms with Crippen LogP contribution in [-0.2, 0) is 0 Å². The molecule has 1 aromatic carbocycles. The first kappa shape index (κ1) is 12.4. The van der Waals surface area contributed by atoms with Crippen molar-refractivity contribution in [2.24, 2.45) is 0 Å². The topological polar surface area (TPSA) is 9.23 Å². The number of hydrogen-bond donors (Lipinski definition) is 0. The van der Waals surface area contributed by atoms with Gasteiger partial charge in [-0.1, -0.05) is 15.9 Å². The second kappa shape index (κ2) is 4.43. The Balaban J connectivity index is 2.86. The van der Waals surface area contributed by atoms with Gasteiger partial charge in [-0.15, -0.1) is 0 Å². The minimum atomic E-state index is -4.30. The zero-order chi connectivity index (χ0) is 11.6. The van der Waals surface area contributed by atoms with Gasteiger partial charge >= 0.3 is 6.18 Å². The Morgan fingerprint density at radius 3 is 2.07 bits per heavy atom. The fourth-order valence-corrected chi connectivity index (χ4v) is 1.97. The molecule has 0 aromatic heterocycles. The van der Waals surface area contributed by atoms with Crippen molar-refractivity contribution in [2.45, 2.75) is 20.0 Å². The second-order valence-corrected chi connectivity index (χ2v) is 4.19. The summed E-state index contributed by atoms with van der Waals surface area (Å²) in [6.07, 6.45) is -4.30. The zero-order valence-corrected chi connectivity index (χ0v) is 9.87. The van der Waals surface area contributed by atoms with Gasteiger partial charge in [-0.2, -0.15) is 13.2 Å². The summed E-state index contributed by atoms with van der Waals surface area (Å²) < 4.78 is 41.4. The third-order valence-electron chi connectivity index (χ3n) is 1.81. The van der Waals surface area contributed by atoms with E-state index in [2.05, 4.69) is 15.9 Å². The smallest absolute Gasteiger partial charge is 0.422 e. The standard InChI is InChI=1S/C10H10BrF3O/c1-6-3-8(11)4-7(2)9(6)15-5-10(12,13)14/h3-4H,5H2,1-2H3. The maximum absolute atomic E-state index is 11.9. The van der Waals surface area contributed by atoms with E-state index in [1.54, 1.807) is 26.0 Å². The van der Waals surface area contributed by atoms with Crippen molar-refractivity contribution >= 4 is 15.9 Å². The van der Waals surface area contributed by atoms with Crippen molar-refractivity contribution in [1.82, 2.24) is 0 Å². The van der Waals surface area contributed by atoms with Crippen LogP contribution in [0.5, 0.6) is 5.75 Å². The van der Waals surface area contributed by atoms with Gasteiger partial charge in [0.25, 0.3) is 0 Å². The first-order valence-corrected chi connectivity index (χ1v) is 5.05. The molecule has 0 unspecified atom stereocenters. The quantitative estimate of drug-likeness (QED) is 0.797. The van der Waals surface area contributed by atoms with Crippen LogP contribution in [0.3, 0.4) is 0 Å². The predicted octanol–water partition coefficient (Wildman–Crippen LogP) is 4.01. The molecule has 1 nitrogen and oxygen atoms in total. The molecule has 0 atom stereocenters. The number of rotatable bonds is 2. The van der Waals surface area contributed by atoms with Crippen LogP contribution in [-0.4, -0.2) is 12.8 Å². The fraction of sp³-hybridized carbons (Fsp3) is 0.400. The molecule has 0 aliphatic heterocycles. The van der Waals surface area contributed by atoms with Gasteiger partial charge in [0.15, 0.2) is 6.61 Å². The first-order chi connectivity index (χ1) is 6.79. The fourth-order valence-electron chi connectivity index (χ4n) is 1.28. The third kappa shape index (κ3) is 3.74. The van der Waals surface area contributed by atoms with Crippen molar-refractivity contribution in [3.05, 3.63) is 27.7 Å². The Hall–Kier alpha value is -0.710. The highest BCUT2D eigenvalue weighted by molar-refractivity contribution is 9.10. The molecule has 5 heteroatoms. The molecule has 0 N–H and O–H groups in total. The highest BCUT2D eigenvalue weighted by Crippen LogP contribution is 2.28. The largest absolute Gasteiger partial charge is 0.484 e. The highest BCUT2D eigenvalue weighted by Gasteiger charge is 2.28. The average Bonchev–Trinajstić information content (AvgIpc) is 1.99. The molecular formula is C10H10BrF3O. The summed E-state index contributed by atoms with van der Waals surface area (Å²) in [6, 6.07) is 3.44. The van der Waals surface area contributed by atoms with Crippen LogP contribution in [0.2, 0.25) is 0 Å². The molecule has 84 valence electrons. The van der Waals surface area contributed by atoms with Crippen LogP contribution in [0, 0.1) is 13.8 Å². The Labute approximate surface area is 94.4 Å². The number of hydrogen-bond acceptors (Lipinski definition) is 1. The van der Waals surface area contributed by atoms with Gasteiger partial charge in [0.05, 0.1) is 0 Å². The molecule has 0 aliphatic carbocycles. The van der Waals surface area contributed by atoms with Crippen molar-refractivity contribution in [3.8, 4) is 5.75 Å². The Kier molecular flexibility index (Phi) is 3.65. The lowest BCUT2D eigenvalue weighted by Gasteiger charge is -2.14. The van der Waals surface area contributed by atoms with E-state index < -0.39 is 12.8 Å². The van der Waals surface area contributed by atoms with Gasteiger partial charge in [0.2, 0.25) is 0 Å². The van der Waals surface area contributed by atoms with Gasteiger partial charge in [-0.3, -0.25) is 0 Å². The molecule has 0 saturated heterocycles. The maximum Gasteiger partial charge on any atom is 0.422 e. The molecule has 0 radical (unpaired) electrons. The second-order valence-electron chi connectivity index (χ2n) is 3.27. The van der Waals surface area contributed by atoms with E-state index in [0.717, 1.165) is 4.47 Å². The summed E-state index contributed by atoms with van der Waals surface area (Å²) in [5, 5.41) is 0. The van der Waals surface area contributed by atoms with Gasteiger partial charge in [-0.05, 0) is 37.1 Å². The predicted molar refractivity (Wildman–Crippen MR) is 55.2 cm³/mol. The molecular weight excluding hydrogens is 273 g/mol. The number of benzene rings is 1. The van der Waals surface area contributed by atoms with Crippen LogP contribution in [0.1, 0.15) is 11.1 Å². The van der Waals surface area contributed by atoms with Crippen LogP contribution in [0.15, 0.2) is 16.6 Å². The molecule has 1 rings (SSSR count). The molecule has 0 aliphatic rings. The molecule has 0 fully saturated rings. The van der Waals surface area contributed by atoms with Gasteiger partial charge in [0.1, 0.15) is 5.75 Å². The Bertz CT molecular complexity index is 337. The molecule has 0 bridgehead atoms. The highest BCUT2D eigenvalue weighted by atomic mass is 79.9. The average molecular weight is 283 g/mol. The third-order valence-corrected chi connectivity index (χ3v) is 2.26. The lowest BCUT2D eigenvalue weighted by atomic mass is 10.1. The Morgan fingerprint density at radius 1 is 1.20 bits per heavy atom. The minimum Gasteiger partial charge on any atom is -0.484 e. The van der Waals surface area contributed by atoms with Gasteiger partial charge in [-0.25, -0.2) is 0 Å². The summed E-state index contributed by atoms with van der Waals surface area (Å²) in [5.41, 5.74) is 1.37. The van der Waals surface area contributed by atoms with Crippen molar-refractivity contribution < 1.29 is 17.9 Å². The normalized spacial score (nSPS) is 11.6. The molecule has 0 spiro atoms. The summed E-state index contributed by atoms with van der Waals surface area (Å²) in [7, 11) is 0. The summed E-state index contributed by atoms with van der Waals surface area (Å²) in [5.74, 6) is 0.301. The zero-order valence-electron chi connectivity index (χ0n) is 8.28. The van der Waals surface area contributed by atoms with Gasteiger partial charge < -0.3 is 4.74 Å². The molecule has 15 heavy (non-hydrogen) atoms. The molecule has 0 amide bonds. The van der Waals surface area contributed by atoms with E-state index in [0.29, 0.717) is 16.9 Å². The number of ether oxygens (including phenoxy) is 1. The van der Waals surface area contributed by atoms with Crippen LogP contribution < -0.4 is 4.74 Å². The maximum atomic E-state index is 11.9. The number of alkyl halides is 3. The summed E-state index contributed by atoms with van der Waals surface area (Å²) in [6.45, 7) is 2.17. The van der Waals surface area contributed by atoms with Gasteiger partial charge in [0, 0.05) is 4.47 Å². The molecule has 0 heterocycles. The molecule has 0 saturated carbocycles. The summed E-state index contributed by atoms with van der Waals surface area (Å²) >= 11 is 3.26. The van der Waals surface area contributed by atoms with Crippen LogP contribution in [0.25, 0.3) is 0 Å². The van der Waals surface area contributed by atoms with E-state index in [9.17, 15) is 13.2 Å². The summed E-state index contributed by atoms with van der Waals surface area (Å²) in [4.78, 5) is 0. The molecule has 1 aromatic rings. The minimum absolute atomic E-state index is 0.301. The van der Waals surface area contributed by atoms with Crippen LogP contribution >= 0.6 is 15.9 Å². The van der Waals surface area contributed by atoms with E-state index >= 15 is 0 Å². The van der Waals surface area contributed by atoms with E-state index in [4.69, 9.17) is 4.74 Å². The lowest BCUT2D eigenvalue weighted by Crippen LogP contribution is -2.19. The number of halogens is 4. The van der Waals surface area contributed by atoms with Crippen molar-refractivity contribution in [3.63, 3.8) is 0 Å². The first-order valence-electron chi connectivity index (χ1n) is 4.26. The van der Waals surface area contributed by atoms with Crippen molar-refractivity contribution in [2.75, 3.05) is 6.61 Å². The lowest BCUT2D eigenvalue weighted by molar-refractivity contribution is -0.153. The van der Waals surface area contributed by atoms with Crippen molar-refractivity contribution in [1.29, 1.82) is 0 Å². The van der Waals surface area contributed by atoms with E-state index in [1.807, 2.05) is 0 Å². The van der Waals surface area contributed by atoms with E-state index in [1.165, 1.54) is 0 Å². The number of aryl methyl sites for hydroxylation is 2. The monoisotopic (exact) mass is 282 g/mol. The van der Waals surface area contributed by atoms with Crippen LogP contribution in [0.4, 0.5) is 13.2 Å².